The van der Waals surface area contributed by atoms with Crippen LogP contribution in [0.15, 0.2) is 24.3 Å². The topological polar surface area (TPSA) is 75.4 Å². The van der Waals surface area contributed by atoms with Crippen LogP contribution in [0, 0.1) is 11.7 Å². The van der Waals surface area contributed by atoms with Gasteiger partial charge < -0.3 is 16.0 Å². The third-order valence-corrected chi connectivity index (χ3v) is 3.92. The van der Waals surface area contributed by atoms with Crippen molar-refractivity contribution in [2.75, 3.05) is 13.1 Å². The molecule has 0 aliphatic rings. The number of nitrogens with one attached hydrogen (secondary N) is 1. The first-order valence-corrected chi connectivity index (χ1v) is 7.86. The van der Waals surface area contributed by atoms with Crippen LogP contribution in [-0.4, -0.2) is 35.8 Å². The number of nitrogens with zero attached hydrogens (tertiary/aromatic N) is 1. The Kier molecular flexibility index (Phi) is 9.55. The molecule has 0 bridgehead atoms. The van der Waals surface area contributed by atoms with Crippen LogP contribution in [0.25, 0.3) is 0 Å². The molecule has 136 valence electrons. The minimum atomic E-state index is -0.632. The molecule has 0 heterocycles. The molecular formula is C17H27ClFN3O2. The van der Waals surface area contributed by atoms with Crippen molar-refractivity contribution >= 4 is 24.2 Å². The molecule has 0 aliphatic heterocycles. The Morgan fingerprint density at radius 3 is 2.21 bits per heavy atom. The molecular weight excluding hydrogens is 333 g/mol. The Hall–Kier alpha value is -1.66. The van der Waals surface area contributed by atoms with Gasteiger partial charge in [-0.25, -0.2) is 4.39 Å². The molecule has 5 nitrogen and oxygen atoms in total. The van der Waals surface area contributed by atoms with Gasteiger partial charge in [0, 0.05) is 6.54 Å². The number of rotatable bonds is 7. The van der Waals surface area contributed by atoms with Crippen molar-refractivity contribution in [3.63, 3.8) is 0 Å². The number of nitrogens with two attached hydrogens (primary N) is 1. The van der Waals surface area contributed by atoms with E-state index < -0.39 is 6.04 Å². The minimum Gasteiger partial charge on any atom is -0.346 e. The van der Waals surface area contributed by atoms with Gasteiger partial charge in [-0.1, -0.05) is 26.0 Å². The second-order valence-corrected chi connectivity index (χ2v) is 5.89. The van der Waals surface area contributed by atoms with Crippen molar-refractivity contribution in [3.05, 3.63) is 35.6 Å². The zero-order valence-electron chi connectivity index (χ0n) is 14.6. The van der Waals surface area contributed by atoms with Crippen LogP contribution in [0.4, 0.5) is 4.39 Å². The Bertz CT molecular complexity index is 537. The van der Waals surface area contributed by atoms with E-state index in [1.165, 1.54) is 12.1 Å². The standard InChI is InChI=1S/C17H26FN3O2.ClH/c1-5-21(12(4)13-6-8-14(18)9-7-13)15(22)10-20-17(23)16(19)11(2)3;/h6-9,11-12,16H,5,10,19H2,1-4H3,(H,20,23);1H/t12?,16-;/m0./s1. The fraction of sp³-hybridized carbons (Fsp3) is 0.529. The third kappa shape index (κ3) is 6.09. The summed E-state index contributed by atoms with van der Waals surface area (Å²) in [5.41, 5.74) is 6.59. The minimum absolute atomic E-state index is 0. The van der Waals surface area contributed by atoms with Gasteiger partial charge in [0.15, 0.2) is 0 Å². The average molecular weight is 360 g/mol. The van der Waals surface area contributed by atoms with Crippen molar-refractivity contribution in [2.45, 2.75) is 39.8 Å². The molecule has 1 unspecified atom stereocenters. The summed E-state index contributed by atoms with van der Waals surface area (Å²) in [7, 11) is 0. The van der Waals surface area contributed by atoms with Crippen LogP contribution in [0.2, 0.25) is 0 Å². The fourth-order valence-corrected chi connectivity index (χ4v) is 2.27. The molecule has 0 fully saturated rings. The molecule has 1 rings (SSSR count). The maximum absolute atomic E-state index is 13.0. The van der Waals surface area contributed by atoms with Crippen LogP contribution in [0.1, 0.15) is 39.3 Å². The zero-order valence-corrected chi connectivity index (χ0v) is 15.4. The number of carbonyl (C=O) groups excluding carboxylic acids is 2. The monoisotopic (exact) mass is 359 g/mol. The summed E-state index contributed by atoms with van der Waals surface area (Å²) >= 11 is 0. The van der Waals surface area contributed by atoms with Gasteiger partial charge in [0.25, 0.3) is 0 Å². The summed E-state index contributed by atoms with van der Waals surface area (Å²) in [5.74, 6) is -0.844. The molecule has 0 radical (unpaired) electrons. The van der Waals surface area contributed by atoms with E-state index >= 15 is 0 Å². The molecule has 0 spiro atoms. The maximum Gasteiger partial charge on any atom is 0.242 e. The van der Waals surface area contributed by atoms with Gasteiger partial charge in [0.05, 0.1) is 18.6 Å². The molecule has 1 aromatic rings. The largest absolute Gasteiger partial charge is 0.346 e. The van der Waals surface area contributed by atoms with Crippen molar-refractivity contribution in [2.24, 2.45) is 11.7 Å². The second kappa shape index (κ2) is 10.3. The molecule has 2 amide bonds. The van der Waals surface area contributed by atoms with Crippen LogP contribution in [-0.2, 0) is 9.59 Å². The highest BCUT2D eigenvalue weighted by atomic mass is 35.5. The lowest BCUT2D eigenvalue weighted by atomic mass is 10.0. The molecule has 1 aromatic carbocycles. The van der Waals surface area contributed by atoms with Crippen molar-refractivity contribution in [3.8, 4) is 0 Å². The highest BCUT2D eigenvalue weighted by Crippen LogP contribution is 2.20. The lowest BCUT2D eigenvalue weighted by molar-refractivity contribution is -0.134. The van der Waals surface area contributed by atoms with Crippen LogP contribution >= 0.6 is 12.4 Å². The number of benzene rings is 1. The molecule has 0 saturated carbocycles. The number of hydrogen-bond donors (Lipinski definition) is 2. The lowest BCUT2D eigenvalue weighted by Gasteiger charge is -2.29. The first kappa shape index (κ1) is 22.3. The Balaban J connectivity index is 0.00000529. The molecule has 3 N–H and O–H groups in total. The number of halogens is 2. The quantitative estimate of drug-likeness (QED) is 0.784. The van der Waals surface area contributed by atoms with Crippen molar-refractivity contribution in [1.29, 1.82) is 0 Å². The molecule has 24 heavy (non-hydrogen) atoms. The van der Waals surface area contributed by atoms with Crippen molar-refractivity contribution < 1.29 is 14.0 Å². The van der Waals surface area contributed by atoms with E-state index in [0.717, 1.165) is 5.56 Å². The highest BCUT2D eigenvalue weighted by molar-refractivity contribution is 5.87. The van der Waals surface area contributed by atoms with E-state index in [0.29, 0.717) is 6.54 Å². The van der Waals surface area contributed by atoms with Gasteiger partial charge in [-0.05, 0) is 37.5 Å². The summed E-state index contributed by atoms with van der Waals surface area (Å²) in [6.45, 7) is 7.82. The lowest BCUT2D eigenvalue weighted by Crippen LogP contribution is -2.48. The first-order valence-electron chi connectivity index (χ1n) is 7.86. The third-order valence-electron chi connectivity index (χ3n) is 3.92. The van der Waals surface area contributed by atoms with E-state index in [-0.39, 0.29) is 48.5 Å². The van der Waals surface area contributed by atoms with E-state index in [2.05, 4.69) is 5.32 Å². The van der Waals surface area contributed by atoms with Gasteiger partial charge in [-0.3, -0.25) is 9.59 Å². The molecule has 2 atom stereocenters. The molecule has 0 aromatic heterocycles. The van der Waals surface area contributed by atoms with E-state index in [9.17, 15) is 14.0 Å². The van der Waals surface area contributed by atoms with Crippen LogP contribution in [0.3, 0.4) is 0 Å². The summed E-state index contributed by atoms with van der Waals surface area (Å²) in [6, 6.07) is 5.21. The summed E-state index contributed by atoms with van der Waals surface area (Å²) < 4.78 is 13.0. The van der Waals surface area contributed by atoms with E-state index in [4.69, 9.17) is 5.73 Å². The van der Waals surface area contributed by atoms with E-state index in [1.807, 2.05) is 27.7 Å². The molecule has 7 heteroatoms. The summed E-state index contributed by atoms with van der Waals surface area (Å²) in [5, 5.41) is 2.58. The second-order valence-electron chi connectivity index (χ2n) is 5.89. The Morgan fingerprint density at radius 2 is 1.75 bits per heavy atom. The number of hydrogen-bond acceptors (Lipinski definition) is 3. The fourth-order valence-electron chi connectivity index (χ4n) is 2.27. The summed E-state index contributed by atoms with van der Waals surface area (Å²) in [4.78, 5) is 25.8. The molecule has 0 saturated heterocycles. The number of carbonyl (C=O) groups is 2. The van der Waals surface area contributed by atoms with Gasteiger partial charge in [0.2, 0.25) is 11.8 Å². The number of amides is 2. The van der Waals surface area contributed by atoms with Gasteiger partial charge >= 0.3 is 0 Å². The first-order chi connectivity index (χ1) is 10.8. The van der Waals surface area contributed by atoms with E-state index in [1.54, 1.807) is 17.0 Å². The highest BCUT2D eigenvalue weighted by Gasteiger charge is 2.22. The summed E-state index contributed by atoms with van der Waals surface area (Å²) in [6.07, 6.45) is 0. The molecule has 0 aliphatic carbocycles. The van der Waals surface area contributed by atoms with Crippen LogP contribution in [0.5, 0.6) is 0 Å². The normalized spacial score (nSPS) is 13.0. The Labute approximate surface area is 149 Å². The SMILES string of the molecule is CCN(C(=O)CNC(=O)[C@@H](N)C(C)C)C(C)c1ccc(F)cc1.Cl. The van der Waals surface area contributed by atoms with Crippen molar-refractivity contribution in [1.82, 2.24) is 10.2 Å². The zero-order chi connectivity index (χ0) is 17.6. The van der Waals surface area contributed by atoms with Gasteiger partial charge in [-0.15, -0.1) is 12.4 Å². The maximum atomic E-state index is 13.0. The van der Waals surface area contributed by atoms with Gasteiger partial charge in [0.1, 0.15) is 5.82 Å². The van der Waals surface area contributed by atoms with Gasteiger partial charge in [-0.2, -0.15) is 0 Å². The predicted molar refractivity (Wildman–Crippen MR) is 95.3 cm³/mol. The Morgan fingerprint density at radius 1 is 1.21 bits per heavy atom. The smallest absolute Gasteiger partial charge is 0.242 e. The average Bonchev–Trinajstić information content (AvgIpc) is 2.52. The van der Waals surface area contributed by atoms with Crippen LogP contribution < -0.4 is 11.1 Å². The predicted octanol–water partition coefficient (Wildman–Crippen LogP) is 2.26. The number of likely N-dealkylation sites (N-methyl/N-ethyl adjacent to an activating group) is 1.